The van der Waals surface area contributed by atoms with Crippen molar-refractivity contribution in [1.29, 1.82) is 0 Å². The lowest BCUT2D eigenvalue weighted by Gasteiger charge is -2.16. The molecule has 0 fully saturated rings. The standard InChI is InChI=1S/C16H25O4P/c1-12(2)10-14-6-8-15(9-7-14)13(3)16(17)11-21(18,19-4)20-5/h6-9,12-13H,10-11H2,1-5H3/t13-/m1/s1. The van der Waals surface area contributed by atoms with E-state index in [4.69, 9.17) is 9.05 Å². The van der Waals surface area contributed by atoms with Gasteiger partial charge in [0, 0.05) is 20.1 Å². The molecule has 1 atom stereocenters. The van der Waals surface area contributed by atoms with E-state index in [9.17, 15) is 9.36 Å². The molecule has 0 aliphatic heterocycles. The number of hydrogen-bond donors (Lipinski definition) is 0. The average Bonchev–Trinajstić information content (AvgIpc) is 2.46. The van der Waals surface area contributed by atoms with Gasteiger partial charge in [-0.15, -0.1) is 0 Å². The van der Waals surface area contributed by atoms with E-state index in [1.807, 2.05) is 31.2 Å². The molecule has 1 rings (SSSR count). The Morgan fingerprint density at radius 1 is 1.10 bits per heavy atom. The van der Waals surface area contributed by atoms with Crippen molar-refractivity contribution in [3.63, 3.8) is 0 Å². The predicted octanol–water partition coefficient (Wildman–Crippen LogP) is 4.04. The number of carbonyl (C=O) groups excluding carboxylic acids is 1. The smallest absolute Gasteiger partial charge is 0.312 e. The van der Waals surface area contributed by atoms with Crippen molar-refractivity contribution in [2.75, 3.05) is 20.4 Å². The fourth-order valence-electron chi connectivity index (χ4n) is 2.13. The molecular formula is C16H25O4P. The van der Waals surface area contributed by atoms with Crippen molar-refractivity contribution in [2.45, 2.75) is 33.1 Å². The number of ketones is 1. The zero-order valence-electron chi connectivity index (χ0n) is 13.5. The SMILES string of the molecule is COP(=O)(CC(=O)[C@H](C)c1ccc(CC(C)C)cc1)OC. The van der Waals surface area contributed by atoms with Gasteiger partial charge in [-0.3, -0.25) is 9.36 Å². The van der Waals surface area contributed by atoms with E-state index in [0.717, 1.165) is 12.0 Å². The summed E-state index contributed by atoms with van der Waals surface area (Å²) >= 11 is 0. The third-order valence-electron chi connectivity index (χ3n) is 3.51. The van der Waals surface area contributed by atoms with Gasteiger partial charge in [0.1, 0.15) is 6.16 Å². The molecule has 0 aromatic heterocycles. The van der Waals surface area contributed by atoms with E-state index in [1.54, 1.807) is 0 Å². The summed E-state index contributed by atoms with van der Waals surface area (Å²) in [6.07, 6.45) is 0.820. The molecule has 0 aliphatic carbocycles. The molecule has 0 radical (unpaired) electrons. The average molecular weight is 312 g/mol. The van der Waals surface area contributed by atoms with Gasteiger partial charge < -0.3 is 9.05 Å². The van der Waals surface area contributed by atoms with Crippen molar-refractivity contribution >= 4 is 13.4 Å². The Hall–Kier alpha value is -0.960. The summed E-state index contributed by atoms with van der Waals surface area (Å²) in [5, 5.41) is 0. The minimum atomic E-state index is -3.29. The predicted molar refractivity (Wildman–Crippen MR) is 84.9 cm³/mol. The van der Waals surface area contributed by atoms with Gasteiger partial charge in [0.25, 0.3) is 0 Å². The first kappa shape index (κ1) is 18.1. The van der Waals surface area contributed by atoms with Crippen LogP contribution >= 0.6 is 7.60 Å². The van der Waals surface area contributed by atoms with Crippen LogP contribution in [-0.2, 0) is 24.8 Å². The molecule has 0 aliphatic rings. The minimum Gasteiger partial charge on any atom is -0.312 e. The topological polar surface area (TPSA) is 52.6 Å². The van der Waals surface area contributed by atoms with Crippen LogP contribution in [-0.4, -0.2) is 26.2 Å². The maximum atomic E-state index is 12.2. The second-order valence-electron chi connectivity index (χ2n) is 5.66. The van der Waals surface area contributed by atoms with Crippen LogP contribution in [0.2, 0.25) is 0 Å². The molecule has 1 aromatic carbocycles. The number of rotatable bonds is 8. The number of carbonyl (C=O) groups is 1. The molecule has 1 aromatic rings. The Kier molecular flexibility index (Phi) is 6.79. The fourth-order valence-corrected chi connectivity index (χ4v) is 3.19. The van der Waals surface area contributed by atoms with Crippen molar-refractivity contribution in [2.24, 2.45) is 5.92 Å². The largest absolute Gasteiger partial charge is 0.337 e. The summed E-state index contributed by atoms with van der Waals surface area (Å²) < 4.78 is 21.6. The van der Waals surface area contributed by atoms with E-state index in [0.29, 0.717) is 5.92 Å². The van der Waals surface area contributed by atoms with Crippen molar-refractivity contribution in [3.05, 3.63) is 35.4 Å². The number of Topliss-reactive ketones (excluding diaryl/α,β-unsaturated/α-hetero) is 1. The highest BCUT2D eigenvalue weighted by atomic mass is 31.2. The molecule has 21 heavy (non-hydrogen) atoms. The van der Waals surface area contributed by atoms with Gasteiger partial charge in [0.2, 0.25) is 0 Å². The Labute approximate surface area is 127 Å². The highest BCUT2D eigenvalue weighted by Gasteiger charge is 2.28. The molecular weight excluding hydrogens is 287 g/mol. The third-order valence-corrected chi connectivity index (χ3v) is 5.32. The highest BCUT2D eigenvalue weighted by molar-refractivity contribution is 7.54. The molecule has 4 nitrogen and oxygen atoms in total. The van der Waals surface area contributed by atoms with Crippen LogP contribution in [0.25, 0.3) is 0 Å². The van der Waals surface area contributed by atoms with Crippen LogP contribution in [0.4, 0.5) is 0 Å². The van der Waals surface area contributed by atoms with Crippen LogP contribution in [0.15, 0.2) is 24.3 Å². The van der Waals surface area contributed by atoms with Gasteiger partial charge in [-0.2, -0.15) is 0 Å². The lowest BCUT2D eigenvalue weighted by atomic mass is 9.94. The highest BCUT2D eigenvalue weighted by Crippen LogP contribution is 2.47. The molecule has 0 saturated carbocycles. The van der Waals surface area contributed by atoms with E-state index >= 15 is 0 Å². The van der Waals surface area contributed by atoms with Gasteiger partial charge in [0.15, 0.2) is 5.78 Å². The zero-order chi connectivity index (χ0) is 16.0. The van der Waals surface area contributed by atoms with Gasteiger partial charge >= 0.3 is 7.60 Å². The first-order chi connectivity index (χ1) is 9.81. The molecule has 0 unspecified atom stereocenters. The maximum absolute atomic E-state index is 12.2. The third kappa shape index (κ3) is 5.39. The van der Waals surface area contributed by atoms with E-state index in [1.165, 1.54) is 19.8 Å². The number of hydrogen-bond acceptors (Lipinski definition) is 4. The van der Waals surface area contributed by atoms with Crippen LogP contribution in [0.1, 0.15) is 37.8 Å². The second kappa shape index (κ2) is 7.88. The minimum absolute atomic E-state index is 0.140. The normalized spacial score (nSPS) is 13.4. The van der Waals surface area contributed by atoms with Gasteiger partial charge in [-0.05, 0) is 23.5 Å². The molecule has 0 saturated heterocycles. The Balaban J connectivity index is 2.76. The summed E-state index contributed by atoms with van der Waals surface area (Å²) in [6, 6.07) is 8.02. The molecule has 0 N–H and O–H groups in total. The van der Waals surface area contributed by atoms with Crippen LogP contribution in [0.3, 0.4) is 0 Å². The Morgan fingerprint density at radius 2 is 1.62 bits per heavy atom. The van der Waals surface area contributed by atoms with Crippen LogP contribution in [0, 0.1) is 5.92 Å². The summed E-state index contributed by atoms with van der Waals surface area (Å²) in [7, 11) is -0.700. The molecule has 5 heteroatoms. The first-order valence-electron chi connectivity index (χ1n) is 7.13. The second-order valence-corrected chi connectivity index (χ2v) is 7.93. The van der Waals surface area contributed by atoms with Crippen LogP contribution < -0.4 is 0 Å². The monoisotopic (exact) mass is 312 g/mol. The van der Waals surface area contributed by atoms with E-state index in [2.05, 4.69) is 13.8 Å². The number of benzene rings is 1. The lowest BCUT2D eigenvalue weighted by Crippen LogP contribution is -2.15. The van der Waals surface area contributed by atoms with Crippen molar-refractivity contribution < 1.29 is 18.4 Å². The van der Waals surface area contributed by atoms with Gasteiger partial charge in [0.05, 0.1) is 0 Å². The van der Waals surface area contributed by atoms with E-state index in [-0.39, 0.29) is 17.9 Å². The summed E-state index contributed by atoms with van der Waals surface area (Å²) in [6.45, 7) is 6.16. The van der Waals surface area contributed by atoms with Gasteiger partial charge in [-0.1, -0.05) is 45.0 Å². The lowest BCUT2D eigenvalue weighted by molar-refractivity contribution is -0.118. The van der Waals surface area contributed by atoms with Gasteiger partial charge in [-0.25, -0.2) is 0 Å². The molecule has 0 spiro atoms. The zero-order valence-corrected chi connectivity index (χ0v) is 14.4. The molecule has 118 valence electrons. The van der Waals surface area contributed by atoms with Crippen LogP contribution in [0.5, 0.6) is 0 Å². The van der Waals surface area contributed by atoms with Crippen molar-refractivity contribution in [3.8, 4) is 0 Å². The molecule has 0 heterocycles. The fraction of sp³-hybridized carbons (Fsp3) is 0.562. The molecule has 0 amide bonds. The maximum Gasteiger partial charge on any atom is 0.337 e. The Morgan fingerprint density at radius 3 is 2.05 bits per heavy atom. The van der Waals surface area contributed by atoms with E-state index < -0.39 is 7.60 Å². The first-order valence-corrected chi connectivity index (χ1v) is 8.86. The Bertz CT molecular complexity index is 500. The molecule has 0 bridgehead atoms. The van der Waals surface area contributed by atoms with Crippen molar-refractivity contribution in [1.82, 2.24) is 0 Å². The summed E-state index contributed by atoms with van der Waals surface area (Å²) in [4.78, 5) is 12.2. The summed E-state index contributed by atoms with van der Waals surface area (Å²) in [5.74, 6) is 0.138. The quantitative estimate of drug-likeness (QED) is 0.680. The summed E-state index contributed by atoms with van der Waals surface area (Å²) in [5.41, 5.74) is 2.18.